The molecule has 37 heavy (non-hydrogen) atoms. The quantitative estimate of drug-likeness (QED) is 0.415. The van der Waals surface area contributed by atoms with Gasteiger partial charge < -0.3 is 25.5 Å². The summed E-state index contributed by atoms with van der Waals surface area (Å²) in [6, 6.07) is 4.49. The molecule has 1 aromatic rings. The smallest absolute Gasteiger partial charge is 0.259 e. The summed E-state index contributed by atoms with van der Waals surface area (Å²) >= 11 is 0. The molecule has 1 aromatic carbocycles. The van der Waals surface area contributed by atoms with Gasteiger partial charge in [-0.3, -0.25) is 19.2 Å². The predicted octanol–water partition coefficient (Wildman–Crippen LogP) is 2.61. The average Bonchev–Trinajstić information content (AvgIpc) is 3.32. The topological polar surface area (TPSA) is 119 Å². The fraction of sp³-hybridized carbons (Fsp3) is 0.643. The van der Waals surface area contributed by atoms with E-state index in [1.54, 1.807) is 9.80 Å². The summed E-state index contributed by atoms with van der Waals surface area (Å²) in [7, 11) is 0. The summed E-state index contributed by atoms with van der Waals surface area (Å²) < 4.78 is 0. The van der Waals surface area contributed by atoms with E-state index in [1.807, 2.05) is 52.0 Å². The molecule has 9 heteroatoms. The molecule has 0 aromatic heterocycles. The van der Waals surface area contributed by atoms with Crippen LogP contribution in [0.15, 0.2) is 24.3 Å². The molecule has 1 fully saturated rings. The molecule has 1 saturated carbocycles. The maximum absolute atomic E-state index is 13.8. The van der Waals surface area contributed by atoms with E-state index < -0.39 is 35.9 Å². The normalized spacial score (nSPS) is 18.7. The summed E-state index contributed by atoms with van der Waals surface area (Å²) in [6.07, 6.45) is 3.21. The lowest BCUT2D eigenvalue weighted by Crippen LogP contribution is -2.61. The van der Waals surface area contributed by atoms with Gasteiger partial charge in [-0.05, 0) is 49.7 Å². The molecule has 2 aliphatic rings. The van der Waals surface area contributed by atoms with Crippen LogP contribution in [-0.2, 0) is 19.2 Å². The Kier molecular flexibility index (Phi) is 9.70. The Hall–Kier alpha value is -2.94. The molecule has 0 bridgehead atoms. The summed E-state index contributed by atoms with van der Waals surface area (Å²) in [6.45, 7) is 10.0. The Labute approximate surface area is 220 Å². The van der Waals surface area contributed by atoms with Crippen LogP contribution in [0.5, 0.6) is 0 Å². The van der Waals surface area contributed by atoms with Gasteiger partial charge in [-0.1, -0.05) is 52.7 Å². The third-order valence-electron chi connectivity index (χ3n) is 6.90. The number of nitrogens with one attached hydrogen (secondary N) is 2. The fourth-order valence-electron chi connectivity index (χ4n) is 5.15. The summed E-state index contributed by atoms with van der Waals surface area (Å²) in [5.41, 5.74) is 1.23. The molecule has 9 nitrogen and oxygen atoms in total. The highest BCUT2D eigenvalue weighted by Gasteiger charge is 2.42. The highest BCUT2D eigenvalue weighted by Crippen LogP contribution is 2.34. The highest BCUT2D eigenvalue weighted by atomic mass is 16.3. The molecule has 0 spiro atoms. The number of fused-ring (bicyclic) bond motifs is 1. The number of hydrogen-bond donors (Lipinski definition) is 3. The van der Waals surface area contributed by atoms with E-state index in [1.165, 1.54) is 6.92 Å². The van der Waals surface area contributed by atoms with Crippen LogP contribution in [0.2, 0.25) is 0 Å². The van der Waals surface area contributed by atoms with Crippen LogP contribution in [0.25, 0.3) is 0 Å². The maximum atomic E-state index is 13.8. The minimum Gasteiger partial charge on any atom is -0.391 e. The summed E-state index contributed by atoms with van der Waals surface area (Å²) in [4.78, 5) is 56.6. The van der Waals surface area contributed by atoms with Gasteiger partial charge in [0, 0.05) is 19.5 Å². The number of anilines is 2. The number of para-hydroxylation sites is 2. The van der Waals surface area contributed by atoms with Crippen molar-refractivity contribution in [3.05, 3.63) is 24.3 Å². The minimum atomic E-state index is -1.48. The van der Waals surface area contributed by atoms with Gasteiger partial charge in [-0.15, -0.1) is 0 Å². The first kappa shape index (κ1) is 28.6. The maximum Gasteiger partial charge on any atom is 0.259 e. The molecular formula is C28H42N4O5. The zero-order valence-corrected chi connectivity index (χ0v) is 22.7. The monoisotopic (exact) mass is 514 g/mol. The van der Waals surface area contributed by atoms with E-state index >= 15 is 0 Å². The van der Waals surface area contributed by atoms with Gasteiger partial charge in [0.05, 0.1) is 17.5 Å². The number of amides is 4. The van der Waals surface area contributed by atoms with Crippen molar-refractivity contribution in [2.75, 3.05) is 22.9 Å². The van der Waals surface area contributed by atoms with Gasteiger partial charge in [-0.2, -0.15) is 0 Å². The summed E-state index contributed by atoms with van der Waals surface area (Å²) in [5, 5.41) is 15.5. The van der Waals surface area contributed by atoms with Crippen molar-refractivity contribution in [1.29, 1.82) is 0 Å². The number of carbonyl (C=O) groups is 4. The van der Waals surface area contributed by atoms with Crippen molar-refractivity contribution in [3.63, 3.8) is 0 Å². The number of rotatable bonds is 10. The first-order chi connectivity index (χ1) is 17.5. The summed E-state index contributed by atoms with van der Waals surface area (Å²) in [5.74, 6) is -1.65. The van der Waals surface area contributed by atoms with Crippen LogP contribution in [0.4, 0.5) is 11.4 Å². The number of aliphatic hydroxyl groups excluding tert-OH is 1. The first-order valence-electron chi connectivity index (χ1n) is 13.5. The van der Waals surface area contributed by atoms with E-state index in [-0.39, 0.29) is 30.1 Å². The molecule has 1 heterocycles. The van der Waals surface area contributed by atoms with Crippen LogP contribution in [0.3, 0.4) is 0 Å². The van der Waals surface area contributed by atoms with Gasteiger partial charge in [0.1, 0.15) is 6.04 Å². The molecule has 0 radical (unpaired) electrons. The lowest BCUT2D eigenvalue weighted by molar-refractivity contribution is -0.137. The van der Waals surface area contributed by atoms with E-state index in [0.29, 0.717) is 24.5 Å². The Bertz CT molecular complexity index is 938. The van der Waals surface area contributed by atoms with Crippen LogP contribution in [0.1, 0.15) is 66.7 Å². The predicted molar refractivity (Wildman–Crippen MR) is 143 cm³/mol. The number of hydrogen-bond acceptors (Lipinski definition) is 5. The minimum absolute atomic E-state index is 0.111. The van der Waals surface area contributed by atoms with E-state index in [4.69, 9.17) is 0 Å². The van der Waals surface area contributed by atoms with Crippen LogP contribution >= 0.6 is 0 Å². The van der Waals surface area contributed by atoms with Crippen molar-refractivity contribution < 1.29 is 24.3 Å². The number of carbonyl (C=O) groups excluding carboxylic acids is 4. The molecule has 0 saturated heterocycles. The second-order valence-electron chi connectivity index (χ2n) is 11.3. The molecule has 1 aliphatic carbocycles. The molecule has 204 valence electrons. The Morgan fingerprint density at radius 2 is 1.41 bits per heavy atom. The molecular weight excluding hydrogens is 472 g/mol. The Morgan fingerprint density at radius 1 is 0.919 bits per heavy atom. The van der Waals surface area contributed by atoms with Crippen molar-refractivity contribution in [3.8, 4) is 0 Å². The van der Waals surface area contributed by atoms with E-state index in [9.17, 15) is 24.3 Å². The Balaban J connectivity index is 1.89. The molecule has 0 unspecified atom stereocenters. The number of benzene rings is 1. The molecule has 2 atom stereocenters. The SMILES string of the molecule is CC(C)CN1C(=O)C(NC(=O)[C@@H](NC(=O)CC2CCCC2)[C@@H](C)O)C(=O)N(CC(C)C)c2ccccc21. The van der Waals surface area contributed by atoms with Gasteiger partial charge in [-0.25, -0.2) is 0 Å². The van der Waals surface area contributed by atoms with E-state index in [2.05, 4.69) is 10.6 Å². The van der Waals surface area contributed by atoms with Gasteiger partial charge >= 0.3 is 0 Å². The van der Waals surface area contributed by atoms with Crippen LogP contribution < -0.4 is 20.4 Å². The van der Waals surface area contributed by atoms with E-state index in [0.717, 1.165) is 25.7 Å². The average molecular weight is 515 g/mol. The van der Waals surface area contributed by atoms with Gasteiger partial charge in [0.25, 0.3) is 11.8 Å². The number of nitrogens with zero attached hydrogens (tertiary/aromatic N) is 2. The van der Waals surface area contributed by atoms with Crippen molar-refractivity contribution in [2.24, 2.45) is 17.8 Å². The van der Waals surface area contributed by atoms with Crippen molar-refractivity contribution in [1.82, 2.24) is 10.6 Å². The zero-order valence-electron chi connectivity index (χ0n) is 22.7. The third kappa shape index (κ3) is 7.09. The Morgan fingerprint density at radius 3 is 1.84 bits per heavy atom. The van der Waals surface area contributed by atoms with Crippen LogP contribution in [-0.4, -0.2) is 60.0 Å². The van der Waals surface area contributed by atoms with Crippen molar-refractivity contribution >= 4 is 35.0 Å². The standard InChI is InChI=1S/C28H42N4O5/c1-17(2)15-31-21-12-8-9-13-22(21)32(16-18(3)4)28(37)25(27(31)36)30-26(35)24(19(5)33)29-23(34)14-20-10-6-7-11-20/h8-9,12-13,17-20,24-25,33H,6-7,10-11,14-16H2,1-5H3,(H,29,34)(H,30,35)/t19-,24+/m1/s1. The molecule has 3 rings (SSSR count). The zero-order chi connectivity index (χ0) is 27.3. The second kappa shape index (κ2) is 12.5. The molecule has 3 N–H and O–H groups in total. The largest absolute Gasteiger partial charge is 0.391 e. The first-order valence-corrected chi connectivity index (χ1v) is 13.5. The van der Waals surface area contributed by atoms with Crippen molar-refractivity contribution in [2.45, 2.75) is 84.9 Å². The lowest BCUT2D eigenvalue weighted by Gasteiger charge is -2.28. The lowest BCUT2D eigenvalue weighted by atomic mass is 10.0. The van der Waals surface area contributed by atoms with Gasteiger partial charge in [0.2, 0.25) is 11.8 Å². The highest BCUT2D eigenvalue weighted by molar-refractivity contribution is 6.21. The molecule has 1 aliphatic heterocycles. The number of aliphatic hydroxyl groups is 1. The third-order valence-corrected chi connectivity index (χ3v) is 6.90. The van der Waals surface area contributed by atoms with Gasteiger partial charge in [0.15, 0.2) is 6.04 Å². The molecule has 4 amide bonds. The fourth-order valence-corrected chi connectivity index (χ4v) is 5.15. The van der Waals surface area contributed by atoms with Crippen LogP contribution in [0, 0.1) is 17.8 Å². The second-order valence-corrected chi connectivity index (χ2v) is 11.3.